The normalized spacial score (nSPS) is 12.1. The van der Waals surface area contributed by atoms with E-state index in [2.05, 4.69) is 5.10 Å². The first kappa shape index (κ1) is 11.9. The van der Waals surface area contributed by atoms with Crippen LogP contribution < -0.4 is 5.73 Å². The number of nitrogen functional groups attached to an aromatic ring is 1. The number of nitrogens with zero attached hydrogens (tertiary/aromatic N) is 2. The molecular weight excluding hydrogens is 238 g/mol. The Morgan fingerprint density at radius 2 is 2.18 bits per heavy atom. The lowest BCUT2D eigenvalue weighted by molar-refractivity contribution is 0.585. The van der Waals surface area contributed by atoms with Crippen molar-refractivity contribution >= 4 is 26.4 Å². The zero-order valence-electron chi connectivity index (χ0n) is 9.63. The molecule has 0 aliphatic carbocycles. The van der Waals surface area contributed by atoms with E-state index in [1.807, 2.05) is 6.07 Å². The highest BCUT2D eigenvalue weighted by atomic mass is 32.2. The summed E-state index contributed by atoms with van der Waals surface area (Å²) in [5.41, 5.74) is 7.22. The summed E-state index contributed by atoms with van der Waals surface area (Å²) in [6, 6.07) is 5.49. The van der Waals surface area contributed by atoms with Crippen LogP contribution in [0.3, 0.4) is 0 Å². The van der Waals surface area contributed by atoms with Gasteiger partial charge < -0.3 is 5.73 Å². The molecule has 0 atom stereocenters. The van der Waals surface area contributed by atoms with E-state index >= 15 is 0 Å². The van der Waals surface area contributed by atoms with Gasteiger partial charge in [-0.05, 0) is 18.2 Å². The van der Waals surface area contributed by atoms with Crippen LogP contribution in [0.1, 0.15) is 6.92 Å². The fourth-order valence-corrected chi connectivity index (χ4v) is 2.38. The molecule has 2 N–H and O–H groups in total. The number of aromatic nitrogens is 2. The minimum Gasteiger partial charge on any atom is -0.399 e. The molecule has 0 aliphatic heterocycles. The van der Waals surface area contributed by atoms with Crippen molar-refractivity contribution in [2.24, 2.45) is 0 Å². The molecule has 6 heteroatoms. The number of hydrogen-bond donors (Lipinski definition) is 1. The van der Waals surface area contributed by atoms with E-state index in [4.69, 9.17) is 5.73 Å². The number of rotatable bonds is 4. The summed E-state index contributed by atoms with van der Waals surface area (Å²) in [4.78, 5) is 0. The highest BCUT2D eigenvalue weighted by molar-refractivity contribution is 7.91. The second-order valence-corrected chi connectivity index (χ2v) is 6.40. The van der Waals surface area contributed by atoms with Crippen molar-refractivity contribution in [2.75, 3.05) is 17.2 Å². The minimum absolute atomic E-state index is 0.106. The number of fused-ring (bicyclic) bond motifs is 1. The lowest BCUT2D eigenvalue weighted by Gasteiger charge is -2.04. The molecule has 1 heterocycles. The quantitative estimate of drug-likeness (QED) is 0.826. The van der Waals surface area contributed by atoms with Crippen LogP contribution in [0, 0.1) is 0 Å². The van der Waals surface area contributed by atoms with Gasteiger partial charge >= 0.3 is 0 Å². The molecule has 1 aromatic heterocycles. The van der Waals surface area contributed by atoms with Crippen LogP contribution in [0.4, 0.5) is 5.69 Å². The van der Waals surface area contributed by atoms with Crippen LogP contribution in [0.2, 0.25) is 0 Å². The number of aryl methyl sites for hydroxylation is 1. The van der Waals surface area contributed by atoms with Crippen molar-refractivity contribution in [2.45, 2.75) is 13.5 Å². The molecule has 0 amide bonds. The van der Waals surface area contributed by atoms with E-state index < -0.39 is 9.84 Å². The number of hydrogen-bond acceptors (Lipinski definition) is 4. The molecule has 0 saturated carbocycles. The second-order valence-electron chi connectivity index (χ2n) is 3.92. The standard InChI is InChI=1S/C11H15N3O2S/c1-2-17(15,16)6-5-14-11-7-10(12)4-3-9(11)8-13-14/h3-4,7-8H,2,5-6,12H2,1H3. The average Bonchev–Trinajstić information content (AvgIpc) is 2.69. The first-order chi connectivity index (χ1) is 8.02. The first-order valence-electron chi connectivity index (χ1n) is 5.43. The Morgan fingerprint density at radius 3 is 2.88 bits per heavy atom. The lowest BCUT2D eigenvalue weighted by Crippen LogP contribution is -2.15. The van der Waals surface area contributed by atoms with Crippen LogP contribution in [0.5, 0.6) is 0 Å². The van der Waals surface area contributed by atoms with Crippen LogP contribution in [-0.2, 0) is 16.4 Å². The van der Waals surface area contributed by atoms with Crippen LogP contribution in [0.15, 0.2) is 24.4 Å². The van der Waals surface area contributed by atoms with Gasteiger partial charge in [0.1, 0.15) is 0 Å². The van der Waals surface area contributed by atoms with Crippen molar-refractivity contribution in [3.63, 3.8) is 0 Å². The van der Waals surface area contributed by atoms with Gasteiger partial charge in [-0.25, -0.2) is 8.42 Å². The number of nitrogens with two attached hydrogens (primary N) is 1. The van der Waals surface area contributed by atoms with Gasteiger partial charge in [0.2, 0.25) is 0 Å². The third-order valence-corrected chi connectivity index (χ3v) is 4.41. The van der Waals surface area contributed by atoms with Gasteiger partial charge in [-0.2, -0.15) is 5.10 Å². The Labute approximate surface area is 100 Å². The Balaban J connectivity index is 2.28. The highest BCUT2D eigenvalue weighted by Gasteiger charge is 2.09. The molecule has 0 fully saturated rings. The second kappa shape index (κ2) is 4.37. The van der Waals surface area contributed by atoms with E-state index in [1.165, 1.54) is 0 Å². The Hall–Kier alpha value is -1.56. The molecule has 0 unspecified atom stereocenters. The van der Waals surface area contributed by atoms with Crippen molar-refractivity contribution < 1.29 is 8.42 Å². The molecule has 0 aliphatic rings. The predicted octanol–water partition coefficient (Wildman–Crippen LogP) is 1.05. The Morgan fingerprint density at radius 1 is 1.41 bits per heavy atom. The van der Waals surface area contributed by atoms with Gasteiger partial charge in [-0.3, -0.25) is 4.68 Å². The first-order valence-corrected chi connectivity index (χ1v) is 7.25. The molecule has 17 heavy (non-hydrogen) atoms. The monoisotopic (exact) mass is 253 g/mol. The summed E-state index contributed by atoms with van der Waals surface area (Å²) in [6.45, 7) is 2.01. The van der Waals surface area contributed by atoms with Crippen LogP contribution >= 0.6 is 0 Å². The van der Waals surface area contributed by atoms with Crippen molar-refractivity contribution in [1.82, 2.24) is 9.78 Å². The van der Waals surface area contributed by atoms with E-state index in [-0.39, 0.29) is 11.5 Å². The van der Waals surface area contributed by atoms with Crippen molar-refractivity contribution in [3.05, 3.63) is 24.4 Å². The molecule has 0 saturated heterocycles. The number of anilines is 1. The molecule has 1 aromatic carbocycles. The molecule has 92 valence electrons. The molecule has 5 nitrogen and oxygen atoms in total. The maximum atomic E-state index is 11.4. The van der Waals surface area contributed by atoms with Crippen molar-refractivity contribution in [3.8, 4) is 0 Å². The SMILES string of the molecule is CCS(=O)(=O)CCn1ncc2ccc(N)cc21. The predicted molar refractivity (Wildman–Crippen MR) is 68.5 cm³/mol. The average molecular weight is 253 g/mol. The van der Waals surface area contributed by atoms with Crippen LogP contribution in [-0.4, -0.2) is 29.7 Å². The maximum absolute atomic E-state index is 11.4. The zero-order chi connectivity index (χ0) is 12.5. The molecule has 2 rings (SSSR count). The summed E-state index contributed by atoms with van der Waals surface area (Å²) < 4.78 is 24.5. The van der Waals surface area contributed by atoms with Crippen molar-refractivity contribution in [1.29, 1.82) is 0 Å². The summed E-state index contributed by atoms with van der Waals surface area (Å²) in [5, 5.41) is 5.14. The zero-order valence-corrected chi connectivity index (χ0v) is 10.4. The van der Waals surface area contributed by atoms with Gasteiger partial charge in [0.05, 0.1) is 24.0 Å². The van der Waals surface area contributed by atoms with E-state index in [1.54, 1.807) is 29.9 Å². The molecular formula is C11H15N3O2S. The Bertz CT molecular complexity index is 631. The topological polar surface area (TPSA) is 78.0 Å². The fourth-order valence-electron chi connectivity index (χ4n) is 1.64. The number of sulfone groups is 1. The molecule has 0 radical (unpaired) electrons. The van der Waals surface area contributed by atoms with Gasteiger partial charge in [-0.15, -0.1) is 0 Å². The molecule has 0 spiro atoms. The van der Waals surface area contributed by atoms with Gasteiger partial charge in [-0.1, -0.05) is 6.92 Å². The third-order valence-electron chi connectivity index (χ3n) is 2.72. The lowest BCUT2D eigenvalue weighted by atomic mass is 10.2. The summed E-state index contributed by atoms with van der Waals surface area (Å²) in [7, 11) is -2.97. The van der Waals surface area contributed by atoms with Gasteiger partial charge in [0, 0.05) is 16.8 Å². The van der Waals surface area contributed by atoms with E-state index in [0.29, 0.717) is 12.2 Å². The molecule has 2 aromatic rings. The van der Waals surface area contributed by atoms with Crippen LogP contribution in [0.25, 0.3) is 10.9 Å². The van der Waals surface area contributed by atoms with Gasteiger partial charge in [0.15, 0.2) is 9.84 Å². The largest absolute Gasteiger partial charge is 0.399 e. The highest BCUT2D eigenvalue weighted by Crippen LogP contribution is 2.16. The Kier molecular flexibility index (Phi) is 3.06. The minimum atomic E-state index is -2.97. The summed E-state index contributed by atoms with van der Waals surface area (Å²) in [5.74, 6) is 0.267. The summed E-state index contributed by atoms with van der Waals surface area (Å²) in [6.07, 6.45) is 1.72. The van der Waals surface area contributed by atoms with E-state index in [0.717, 1.165) is 10.9 Å². The number of benzene rings is 1. The maximum Gasteiger partial charge on any atom is 0.151 e. The fraction of sp³-hybridized carbons (Fsp3) is 0.364. The van der Waals surface area contributed by atoms with E-state index in [9.17, 15) is 8.42 Å². The summed E-state index contributed by atoms with van der Waals surface area (Å²) >= 11 is 0. The smallest absolute Gasteiger partial charge is 0.151 e. The third kappa shape index (κ3) is 2.58. The molecule has 0 bridgehead atoms. The van der Waals surface area contributed by atoms with Gasteiger partial charge in [0.25, 0.3) is 0 Å².